The number of hydrogen-bond acceptors (Lipinski definition) is 4. The van der Waals surface area contributed by atoms with Crippen LogP contribution in [0.1, 0.15) is 58.3 Å². The Hall–Kier alpha value is -1.88. The smallest absolute Gasteiger partial charge is 0.281 e. The van der Waals surface area contributed by atoms with Crippen LogP contribution >= 0.6 is 11.3 Å². The summed E-state index contributed by atoms with van der Waals surface area (Å²) in [4.78, 5) is 14.4. The molecule has 0 aliphatic heterocycles. The molecule has 2 aromatic rings. The lowest BCUT2D eigenvalue weighted by Gasteiger charge is -2.19. The zero-order valence-electron chi connectivity index (χ0n) is 13.8. The van der Waals surface area contributed by atoms with Crippen LogP contribution in [0.2, 0.25) is 0 Å². The van der Waals surface area contributed by atoms with E-state index in [0.717, 1.165) is 29.4 Å². The quantitative estimate of drug-likeness (QED) is 0.670. The average molecular weight is 330 g/mol. The monoisotopic (exact) mass is 330 g/mol. The summed E-state index contributed by atoms with van der Waals surface area (Å²) in [7, 11) is 0. The highest BCUT2D eigenvalue weighted by atomic mass is 32.1. The molecule has 4 nitrogen and oxygen atoms in total. The number of rotatable bonds is 4. The summed E-state index contributed by atoms with van der Waals surface area (Å²) in [5, 5.41) is 4.15. The first-order chi connectivity index (χ1) is 11.1. The van der Waals surface area contributed by atoms with Crippen LogP contribution in [0.4, 0.5) is 0 Å². The van der Waals surface area contributed by atoms with Gasteiger partial charge in [-0.05, 0) is 62.8 Å². The van der Waals surface area contributed by atoms with Crippen molar-refractivity contribution in [3.8, 4) is 0 Å². The van der Waals surface area contributed by atoms with E-state index in [1.54, 1.807) is 11.3 Å². The Kier molecular flexibility index (Phi) is 4.66. The van der Waals surface area contributed by atoms with Crippen LogP contribution in [0.15, 0.2) is 27.7 Å². The number of hydrogen-bond donors (Lipinski definition) is 1. The molecule has 2 heterocycles. The molecule has 5 heteroatoms. The molecule has 0 aromatic carbocycles. The maximum atomic E-state index is 12.3. The van der Waals surface area contributed by atoms with E-state index in [1.807, 2.05) is 32.0 Å². The fourth-order valence-electron chi connectivity index (χ4n) is 2.93. The molecular formula is C18H22N2O2S. The van der Waals surface area contributed by atoms with Crippen LogP contribution in [0.5, 0.6) is 0 Å². The summed E-state index contributed by atoms with van der Waals surface area (Å²) in [5.74, 6) is 2.13. The predicted octanol–water partition coefficient (Wildman–Crippen LogP) is 4.32. The number of carbonyl (C=O) groups is 1. The van der Waals surface area contributed by atoms with E-state index in [0.29, 0.717) is 11.5 Å². The first-order valence-corrected chi connectivity index (χ1v) is 8.91. The molecule has 1 aliphatic rings. The normalized spacial score (nSPS) is 17.9. The fourth-order valence-corrected chi connectivity index (χ4v) is 4.03. The minimum absolute atomic E-state index is 0.139. The summed E-state index contributed by atoms with van der Waals surface area (Å²) in [6.07, 6.45) is 4.65. The van der Waals surface area contributed by atoms with Crippen LogP contribution < -0.4 is 5.43 Å². The zero-order chi connectivity index (χ0) is 16.4. The van der Waals surface area contributed by atoms with Gasteiger partial charge in [0.2, 0.25) is 0 Å². The Bertz CT molecular complexity index is 742. The first-order valence-electron chi connectivity index (χ1n) is 8.09. The van der Waals surface area contributed by atoms with Gasteiger partial charge in [-0.1, -0.05) is 13.3 Å². The molecule has 0 saturated heterocycles. The van der Waals surface area contributed by atoms with Crippen molar-refractivity contribution in [1.29, 1.82) is 0 Å². The SMILES string of the molecule is CC[C@@H]1CCc2sc(C(=O)N/N=C(/C)c3ccc(C)o3)cc2C1. The highest BCUT2D eigenvalue weighted by Gasteiger charge is 2.22. The Balaban J connectivity index is 1.68. The van der Waals surface area contributed by atoms with Gasteiger partial charge in [-0.25, -0.2) is 5.43 Å². The van der Waals surface area contributed by atoms with Crippen LogP contribution in [-0.2, 0) is 12.8 Å². The van der Waals surface area contributed by atoms with E-state index in [-0.39, 0.29) is 5.91 Å². The molecule has 1 N–H and O–H groups in total. The van der Waals surface area contributed by atoms with Gasteiger partial charge in [0.1, 0.15) is 17.2 Å². The van der Waals surface area contributed by atoms with Crippen LogP contribution in [-0.4, -0.2) is 11.6 Å². The summed E-state index contributed by atoms with van der Waals surface area (Å²) in [5.41, 5.74) is 4.65. The minimum Gasteiger partial charge on any atom is -0.460 e. The average Bonchev–Trinajstić information content (AvgIpc) is 3.17. The van der Waals surface area contributed by atoms with Gasteiger partial charge in [0.05, 0.1) is 4.88 Å². The van der Waals surface area contributed by atoms with Crippen molar-refractivity contribution in [2.75, 3.05) is 0 Å². The van der Waals surface area contributed by atoms with Gasteiger partial charge < -0.3 is 4.42 Å². The van der Waals surface area contributed by atoms with E-state index in [1.165, 1.54) is 23.3 Å². The number of amides is 1. The number of carbonyl (C=O) groups excluding carboxylic acids is 1. The lowest BCUT2D eigenvalue weighted by atomic mass is 9.87. The number of nitrogens with one attached hydrogen (secondary N) is 1. The molecule has 1 aliphatic carbocycles. The van der Waals surface area contributed by atoms with Crippen molar-refractivity contribution < 1.29 is 9.21 Å². The zero-order valence-corrected chi connectivity index (χ0v) is 14.6. The van der Waals surface area contributed by atoms with Gasteiger partial charge in [-0.2, -0.15) is 5.10 Å². The van der Waals surface area contributed by atoms with Crippen molar-refractivity contribution in [3.05, 3.63) is 45.0 Å². The number of aryl methyl sites for hydroxylation is 2. The molecule has 23 heavy (non-hydrogen) atoms. The molecule has 0 saturated carbocycles. The Morgan fingerprint density at radius 2 is 2.30 bits per heavy atom. The third-order valence-electron chi connectivity index (χ3n) is 4.41. The van der Waals surface area contributed by atoms with Gasteiger partial charge in [0.25, 0.3) is 5.91 Å². The van der Waals surface area contributed by atoms with E-state index in [4.69, 9.17) is 4.42 Å². The third-order valence-corrected chi connectivity index (χ3v) is 5.64. The van der Waals surface area contributed by atoms with Crippen molar-refractivity contribution in [3.63, 3.8) is 0 Å². The molecule has 3 rings (SSSR count). The molecule has 0 bridgehead atoms. The highest BCUT2D eigenvalue weighted by molar-refractivity contribution is 7.14. The minimum atomic E-state index is -0.139. The van der Waals surface area contributed by atoms with Crippen LogP contribution in [0.3, 0.4) is 0 Å². The van der Waals surface area contributed by atoms with Crippen molar-refractivity contribution >= 4 is 23.0 Å². The second kappa shape index (κ2) is 6.71. The number of hydrazone groups is 1. The second-order valence-electron chi connectivity index (χ2n) is 6.12. The molecule has 0 radical (unpaired) electrons. The molecule has 122 valence electrons. The first kappa shape index (κ1) is 16.0. The number of nitrogens with zero attached hydrogens (tertiary/aromatic N) is 1. The number of fused-ring (bicyclic) bond motifs is 1. The predicted molar refractivity (Wildman–Crippen MR) is 93.2 cm³/mol. The Labute approximate surface area is 140 Å². The van der Waals surface area contributed by atoms with Crippen LogP contribution in [0.25, 0.3) is 0 Å². The number of thiophene rings is 1. The van der Waals surface area contributed by atoms with Crippen molar-refractivity contribution in [1.82, 2.24) is 5.43 Å². The van der Waals surface area contributed by atoms with Gasteiger partial charge in [-0.3, -0.25) is 4.79 Å². The Morgan fingerprint density at radius 3 is 3.00 bits per heavy atom. The van der Waals surface area contributed by atoms with E-state index in [2.05, 4.69) is 17.5 Å². The molecular weight excluding hydrogens is 308 g/mol. The molecule has 2 aromatic heterocycles. The largest absolute Gasteiger partial charge is 0.460 e. The molecule has 0 unspecified atom stereocenters. The van der Waals surface area contributed by atoms with E-state index in [9.17, 15) is 4.79 Å². The topological polar surface area (TPSA) is 54.6 Å². The summed E-state index contributed by atoms with van der Waals surface area (Å²) in [6.45, 7) is 5.95. The van der Waals surface area contributed by atoms with Gasteiger partial charge >= 0.3 is 0 Å². The van der Waals surface area contributed by atoms with Crippen LogP contribution in [0, 0.1) is 12.8 Å². The summed E-state index contributed by atoms with van der Waals surface area (Å²) in [6, 6.07) is 5.78. The number of furan rings is 1. The standard InChI is InChI=1S/C18H22N2O2S/c1-4-13-6-8-16-14(9-13)10-17(23-16)18(21)20-19-12(3)15-7-5-11(2)22-15/h5,7,10,13H,4,6,8-9H2,1-3H3,(H,20,21)/b19-12-/t13-/m1/s1. The van der Waals surface area contributed by atoms with E-state index < -0.39 is 0 Å². The maximum absolute atomic E-state index is 12.3. The van der Waals surface area contributed by atoms with Gasteiger partial charge in [-0.15, -0.1) is 11.3 Å². The highest BCUT2D eigenvalue weighted by Crippen LogP contribution is 2.33. The lowest BCUT2D eigenvalue weighted by molar-refractivity contribution is 0.0959. The molecule has 0 spiro atoms. The summed E-state index contributed by atoms with van der Waals surface area (Å²) >= 11 is 1.60. The van der Waals surface area contributed by atoms with Gasteiger partial charge in [0.15, 0.2) is 0 Å². The molecule has 1 amide bonds. The van der Waals surface area contributed by atoms with E-state index >= 15 is 0 Å². The van der Waals surface area contributed by atoms with Crippen molar-refractivity contribution in [2.24, 2.45) is 11.0 Å². The Morgan fingerprint density at radius 1 is 1.48 bits per heavy atom. The molecule has 1 atom stereocenters. The second-order valence-corrected chi connectivity index (χ2v) is 7.26. The summed E-state index contributed by atoms with van der Waals surface area (Å²) < 4.78 is 5.49. The molecule has 0 fully saturated rings. The van der Waals surface area contributed by atoms with Gasteiger partial charge in [0, 0.05) is 4.88 Å². The third kappa shape index (κ3) is 3.55. The fraction of sp³-hybridized carbons (Fsp3) is 0.444. The van der Waals surface area contributed by atoms with Crippen molar-refractivity contribution in [2.45, 2.75) is 46.5 Å². The lowest BCUT2D eigenvalue weighted by Crippen LogP contribution is -2.18. The maximum Gasteiger partial charge on any atom is 0.281 e.